The molecule has 0 unspecified atom stereocenters. The van der Waals surface area contributed by atoms with E-state index in [2.05, 4.69) is 21.7 Å². The first-order valence-corrected chi connectivity index (χ1v) is 9.87. The molecule has 2 aliphatic rings. The minimum absolute atomic E-state index is 0.0197. The second kappa shape index (κ2) is 7.91. The molecule has 1 aromatic carbocycles. The zero-order valence-electron chi connectivity index (χ0n) is 14.9. The number of aromatic nitrogens is 1. The highest BCUT2D eigenvalue weighted by Gasteiger charge is 2.36. The van der Waals surface area contributed by atoms with Crippen molar-refractivity contribution in [3.63, 3.8) is 0 Å². The monoisotopic (exact) mass is 380 g/mol. The SMILES string of the molecule is O=C(C#Cc1ccccc1)N1CC(N2CCN(C(=O)c3nccs3)CC2)C1. The fraction of sp³-hybridized carbons (Fsp3) is 0.350. The molecule has 0 spiro atoms. The molecule has 0 saturated carbocycles. The van der Waals surface area contributed by atoms with Crippen molar-refractivity contribution in [3.8, 4) is 11.8 Å². The van der Waals surface area contributed by atoms with Gasteiger partial charge in [-0.1, -0.05) is 24.1 Å². The van der Waals surface area contributed by atoms with Gasteiger partial charge in [-0.05, 0) is 12.1 Å². The van der Waals surface area contributed by atoms with Crippen molar-refractivity contribution >= 4 is 23.2 Å². The molecule has 2 saturated heterocycles. The van der Waals surface area contributed by atoms with Crippen LogP contribution in [0.15, 0.2) is 41.9 Å². The summed E-state index contributed by atoms with van der Waals surface area (Å²) in [6, 6.07) is 9.90. The Labute approximate surface area is 162 Å². The zero-order chi connectivity index (χ0) is 18.6. The van der Waals surface area contributed by atoms with E-state index in [1.54, 1.807) is 11.1 Å². The van der Waals surface area contributed by atoms with Crippen molar-refractivity contribution in [2.45, 2.75) is 6.04 Å². The number of thiazole rings is 1. The van der Waals surface area contributed by atoms with Crippen molar-refractivity contribution in [3.05, 3.63) is 52.5 Å². The number of carbonyl (C=O) groups is 2. The fourth-order valence-electron chi connectivity index (χ4n) is 3.33. The molecule has 0 N–H and O–H groups in total. The Bertz CT molecular complexity index is 858. The molecule has 1 aromatic heterocycles. The lowest BCUT2D eigenvalue weighted by atomic mass is 10.1. The number of likely N-dealkylation sites (tertiary alicyclic amines) is 1. The molecule has 2 aromatic rings. The molecule has 0 aliphatic carbocycles. The Hall–Kier alpha value is -2.69. The molecule has 2 aliphatic heterocycles. The normalized spacial score (nSPS) is 17.8. The Balaban J connectivity index is 1.23. The van der Waals surface area contributed by atoms with Gasteiger partial charge in [0, 0.05) is 68.4 Å². The minimum Gasteiger partial charge on any atom is -0.334 e. The summed E-state index contributed by atoms with van der Waals surface area (Å²) in [5, 5.41) is 2.38. The number of carbonyl (C=O) groups excluding carboxylic acids is 2. The van der Waals surface area contributed by atoms with E-state index in [0.29, 0.717) is 37.2 Å². The van der Waals surface area contributed by atoms with Crippen LogP contribution >= 0.6 is 11.3 Å². The van der Waals surface area contributed by atoms with Crippen LogP contribution in [-0.4, -0.2) is 76.8 Å². The fourth-order valence-corrected chi connectivity index (χ4v) is 3.93. The van der Waals surface area contributed by atoms with Gasteiger partial charge in [-0.3, -0.25) is 14.5 Å². The van der Waals surface area contributed by atoms with Crippen LogP contribution in [0.25, 0.3) is 0 Å². The van der Waals surface area contributed by atoms with Crippen molar-refractivity contribution in [1.29, 1.82) is 0 Å². The molecule has 3 heterocycles. The van der Waals surface area contributed by atoms with E-state index in [9.17, 15) is 9.59 Å². The van der Waals surface area contributed by atoms with Crippen molar-refractivity contribution < 1.29 is 9.59 Å². The van der Waals surface area contributed by atoms with Crippen LogP contribution in [-0.2, 0) is 4.79 Å². The first-order chi connectivity index (χ1) is 13.2. The molecule has 27 heavy (non-hydrogen) atoms. The molecule has 0 radical (unpaired) electrons. The molecule has 2 fully saturated rings. The lowest BCUT2D eigenvalue weighted by molar-refractivity contribution is -0.132. The second-order valence-electron chi connectivity index (χ2n) is 6.65. The van der Waals surface area contributed by atoms with Gasteiger partial charge in [0.25, 0.3) is 11.8 Å². The van der Waals surface area contributed by atoms with Gasteiger partial charge in [0.2, 0.25) is 0 Å². The smallest absolute Gasteiger partial charge is 0.298 e. The summed E-state index contributed by atoms with van der Waals surface area (Å²) < 4.78 is 0. The summed E-state index contributed by atoms with van der Waals surface area (Å²) in [6.07, 6.45) is 1.66. The van der Waals surface area contributed by atoms with E-state index in [0.717, 1.165) is 18.7 Å². The topological polar surface area (TPSA) is 56.8 Å². The number of piperazine rings is 1. The third-order valence-electron chi connectivity index (χ3n) is 4.97. The van der Waals surface area contributed by atoms with Crippen LogP contribution in [0.5, 0.6) is 0 Å². The summed E-state index contributed by atoms with van der Waals surface area (Å²) in [5.74, 6) is 5.54. The van der Waals surface area contributed by atoms with E-state index < -0.39 is 0 Å². The Kier molecular flexibility index (Phi) is 5.19. The number of hydrogen-bond acceptors (Lipinski definition) is 5. The van der Waals surface area contributed by atoms with Gasteiger partial charge in [0.15, 0.2) is 5.01 Å². The maximum Gasteiger partial charge on any atom is 0.298 e. The molecule has 6 nitrogen and oxygen atoms in total. The van der Waals surface area contributed by atoms with Crippen LogP contribution in [0.4, 0.5) is 0 Å². The van der Waals surface area contributed by atoms with Crippen molar-refractivity contribution in [2.24, 2.45) is 0 Å². The molecule has 138 valence electrons. The lowest BCUT2D eigenvalue weighted by Gasteiger charge is -2.47. The predicted octanol–water partition coefficient (Wildman–Crippen LogP) is 1.16. The van der Waals surface area contributed by atoms with E-state index in [1.165, 1.54) is 11.3 Å². The maximum absolute atomic E-state index is 12.3. The average molecular weight is 380 g/mol. The van der Waals surface area contributed by atoms with Gasteiger partial charge >= 0.3 is 0 Å². The number of hydrogen-bond donors (Lipinski definition) is 0. The molecule has 7 heteroatoms. The quantitative estimate of drug-likeness (QED) is 0.734. The second-order valence-corrected chi connectivity index (χ2v) is 7.54. The standard InChI is InChI=1S/C20H20N4O2S/c25-18(7-6-16-4-2-1-3-5-16)24-14-17(15-24)22-9-11-23(12-10-22)20(26)19-21-8-13-27-19/h1-5,8,13,17H,9-12,14-15H2. The van der Waals surface area contributed by atoms with E-state index in [1.807, 2.05) is 40.6 Å². The Morgan fingerprint density at radius 2 is 1.78 bits per heavy atom. The Morgan fingerprint density at radius 3 is 2.44 bits per heavy atom. The Morgan fingerprint density at radius 1 is 1.04 bits per heavy atom. The van der Waals surface area contributed by atoms with Gasteiger partial charge in [-0.2, -0.15) is 0 Å². The van der Waals surface area contributed by atoms with Crippen LogP contribution in [0.1, 0.15) is 15.4 Å². The zero-order valence-corrected chi connectivity index (χ0v) is 15.7. The number of benzene rings is 1. The molecule has 4 rings (SSSR count). The summed E-state index contributed by atoms with van der Waals surface area (Å²) in [5.41, 5.74) is 0.851. The summed E-state index contributed by atoms with van der Waals surface area (Å²) in [4.78, 5) is 34.6. The first kappa shape index (κ1) is 17.7. The maximum atomic E-state index is 12.3. The lowest BCUT2D eigenvalue weighted by Crippen LogP contribution is -2.64. The molecule has 0 atom stereocenters. The summed E-state index contributed by atoms with van der Waals surface area (Å²) in [7, 11) is 0. The van der Waals surface area contributed by atoms with Crippen LogP contribution in [0.3, 0.4) is 0 Å². The molecular formula is C20H20N4O2S. The average Bonchev–Trinajstić information content (AvgIpc) is 3.21. The number of rotatable bonds is 2. The largest absolute Gasteiger partial charge is 0.334 e. The van der Waals surface area contributed by atoms with E-state index >= 15 is 0 Å². The number of amides is 2. The highest BCUT2D eigenvalue weighted by atomic mass is 32.1. The third kappa shape index (κ3) is 4.02. The first-order valence-electron chi connectivity index (χ1n) is 8.99. The van der Waals surface area contributed by atoms with Gasteiger partial charge in [-0.15, -0.1) is 11.3 Å². The molecule has 2 amide bonds. The van der Waals surface area contributed by atoms with Gasteiger partial charge in [0.1, 0.15) is 0 Å². The highest BCUT2D eigenvalue weighted by Crippen LogP contribution is 2.18. The van der Waals surface area contributed by atoms with Crippen LogP contribution in [0.2, 0.25) is 0 Å². The van der Waals surface area contributed by atoms with E-state index in [-0.39, 0.29) is 11.8 Å². The minimum atomic E-state index is -0.118. The van der Waals surface area contributed by atoms with Gasteiger partial charge in [-0.25, -0.2) is 4.98 Å². The summed E-state index contributed by atoms with van der Waals surface area (Å²) in [6.45, 7) is 4.50. The summed E-state index contributed by atoms with van der Waals surface area (Å²) >= 11 is 1.38. The molecule has 0 bridgehead atoms. The van der Waals surface area contributed by atoms with Crippen LogP contribution in [0, 0.1) is 11.8 Å². The number of nitrogens with zero attached hydrogens (tertiary/aromatic N) is 4. The third-order valence-corrected chi connectivity index (χ3v) is 5.73. The van der Waals surface area contributed by atoms with E-state index in [4.69, 9.17) is 0 Å². The van der Waals surface area contributed by atoms with Crippen LogP contribution < -0.4 is 0 Å². The van der Waals surface area contributed by atoms with Crippen molar-refractivity contribution in [1.82, 2.24) is 19.7 Å². The van der Waals surface area contributed by atoms with Gasteiger partial charge in [0.05, 0.1) is 0 Å². The van der Waals surface area contributed by atoms with Gasteiger partial charge < -0.3 is 9.80 Å². The highest BCUT2D eigenvalue weighted by molar-refractivity contribution is 7.11. The van der Waals surface area contributed by atoms with Crippen molar-refractivity contribution in [2.75, 3.05) is 39.3 Å². The predicted molar refractivity (Wildman–Crippen MR) is 103 cm³/mol. The molecular weight excluding hydrogens is 360 g/mol.